The van der Waals surface area contributed by atoms with E-state index in [4.69, 9.17) is 9.47 Å². The predicted molar refractivity (Wildman–Crippen MR) is 120 cm³/mol. The van der Waals surface area contributed by atoms with Gasteiger partial charge in [-0.15, -0.1) is 0 Å². The van der Waals surface area contributed by atoms with Gasteiger partial charge in [-0.05, 0) is 44.2 Å². The molecule has 1 aliphatic rings. The number of carbonyl (C=O) groups is 2. The molecule has 0 radical (unpaired) electrons. The van der Waals surface area contributed by atoms with Gasteiger partial charge in [0.05, 0.1) is 36.6 Å². The quantitative estimate of drug-likeness (QED) is 0.628. The van der Waals surface area contributed by atoms with Crippen LogP contribution < -0.4 is 9.47 Å². The first-order chi connectivity index (χ1) is 15.4. The fourth-order valence-corrected chi connectivity index (χ4v) is 3.77. The Morgan fingerprint density at radius 1 is 0.719 bits per heavy atom. The van der Waals surface area contributed by atoms with Crippen molar-refractivity contribution < 1.29 is 19.1 Å². The zero-order valence-electron chi connectivity index (χ0n) is 18.7. The van der Waals surface area contributed by atoms with Crippen molar-refractivity contribution in [2.45, 2.75) is 13.8 Å². The molecular weight excluding hydrogens is 408 g/mol. The summed E-state index contributed by atoms with van der Waals surface area (Å²) >= 11 is 0. The number of carbonyl (C=O) groups excluding carboxylic acids is 2. The van der Waals surface area contributed by atoms with Crippen molar-refractivity contribution in [2.75, 3.05) is 40.4 Å². The van der Waals surface area contributed by atoms with Gasteiger partial charge in [-0.2, -0.15) is 0 Å². The topological polar surface area (TPSA) is 84.9 Å². The molecule has 2 aromatic carbocycles. The van der Waals surface area contributed by atoms with Gasteiger partial charge >= 0.3 is 0 Å². The number of amides is 2. The SMILES string of the molecule is COc1cc(OC)cc(C(=O)N2CCN(C(=O)c3ccc4nc(C)c(C)nc4c3)CC2)c1. The van der Waals surface area contributed by atoms with Crippen molar-refractivity contribution in [2.24, 2.45) is 0 Å². The number of aromatic nitrogens is 2. The van der Waals surface area contributed by atoms with E-state index in [2.05, 4.69) is 9.97 Å². The lowest BCUT2D eigenvalue weighted by Crippen LogP contribution is -2.50. The van der Waals surface area contributed by atoms with E-state index in [-0.39, 0.29) is 11.8 Å². The molecule has 8 nitrogen and oxygen atoms in total. The number of hydrogen-bond acceptors (Lipinski definition) is 6. The number of piperazine rings is 1. The highest BCUT2D eigenvalue weighted by Gasteiger charge is 2.26. The molecule has 166 valence electrons. The van der Waals surface area contributed by atoms with Gasteiger partial charge in [0, 0.05) is 43.4 Å². The van der Waals surface area contributed by atoms with Crippen molar-refractivity contribution in [1.82, 2.24) is 19.8 Å². The molecule has 1 saturated heterocycles. The molecule has 3 aromatic rings. The second-order valence-electron chi connectivity index (χ2n) is 7.78. The molecule has 0 bridgehead atoms. The maximum absolute atomic E-state index is 13.1. The summed E-state index contributed by atoms with van der Waals surface area (Å²) < 4.78 is 10.5. The van der Waals surface area contributed by atoms with Crippen molar-refractivity contribution in [3.05, 3.63) is 58.9 Å². The molecule has 1 fully saturated rings. The van der Waals surface area contributed by atoms with E-state index in [1.54, 1.807) is 54.4 Å². The summed E-state index contributed by atoms with van der Waals surface area (Å²) in [7, 11) is 3.10. The highest BCUT2D eigenvalue weighted by Crippen LogP contribution is 2.24. The maximum Gasteiger partial charge on any atom is 0.254 e. The highest BCUT2D eigenvalue weighted by atomic mass is 16.5. The Morgan fingerprint density at radius 2 is 1.22 bits per heavy atom. The van der Waals surface area contributed by atoms with E-state index in [9.17, 15) is 9.59 Å². The van der Waals surface area contributed by atoms with Crippen LogP contribution in [0, 0.1) is 13.8 Å². The number of aryl methyl sites for hydroxylation is 2. The fourth-order valence-electron chi connectivity index (χ4n) is 3.77. The minimum Gasteiger partial charge on any atom is -0.497 e. The van der Waals surface area contributed by atoms with Gasteiger partial charge in [-0.1, -0.05) is 0 Å². The first-order valence-electron chi connectivity index (χ1n) is 10.5. The van der Waals surface area contributed by atoms with Crippen molar-refractivity contribution in [1.29, 1.82) is 0 Å². The molecule has 1 aromatic heterocycles. The van der Waals surface area contributed by atoms with Crippen LogP contribution in [0.5, 0.6) is 11.5 Å². The summed E-state index contributed by atoms with van der Waals surface area (Å²) in [5.74, 6) is 0.945. The molecule has 0 unspecified atom stereocenters. The highest BCUT2D eigenvalue weighted by molar-refractivity contribution is 5.98. The fraction of sp³-hybridized carbons (Fsp3) is 0.333. The Labute approximate surface area is 186 Å². The smallest absolute Gasteiger partial charge is 0.254 e. The van der Waals surface area contributed by atoms with Crippen molar-refractivity contribution >= 4 is 22.8 Å². The zero-order valence-corrected chi connectivity index (χ0v) is 18.7. The van der Waals surface area contributed by atoms with Crippen LogP contribution in [0.1, 0.15) is 32.1 Å². The standard InChI is InChI=1S/C24H26N4O4/c1-15-16(2)26-22-13-17(5-6-21(22)25-15)23(29)27-7-9-28(10-8-27)24(30)18-11-19(31-3)14-20(12-18)32-4/h5-6,11-14H,7-10H2,1-4H3. The Morgan fingerprint density at radius 3 is 1.75 bits per heavy atom. The molecule has 0 atom stereocenters. The molecule has 0 aliphatic carbocycles. The van der Waals surface area contributed by atoms with Gasteiger partial charge in [0.25, 0.3) is 11.8 Å². The van der Waals surface area contributed by atoms with Crippen LogP contribution in [0.15, 0.2) is 36.4 Å². The lowest BCUT2D eigenvalue weighted by molar-refractivity contribution is 0.0535. The van der Waals surface area contributed by atoms with Gasteiger partial charge in [-0.25, -0.2) is 9.97 Å². The van der Waals surface area contributed by atoms with E-state index in [1.807, 2.05) is 19.9 Å². The second kappa shape index (κ2) is 8.82. The molecule has 0 spiro atoms. The minimum atomic E-state index is -0.110. The van der Waals surface area contributed by atoms with E-state index >= 15 is 0 Å². The molecule has 8 heteroatoms. The average molecular weight is 434 g/mol. The number of nitrogens with zero attached hydrogens (tertiary/aromatic N) is 4. The molecule has 4 rings (SSSR count). The van der Waals surface area contributed by atoms with E-state index < -0.39 is 0 Å². The van der Waals surface area contributed by atoms with Gasteiger partial charge in [-0.3, -0.25) is 9.59 Å². The van der Waals surface area contributed by atoms with Crippen LogP contribution in [0.25, 0.3) is 11.0 Å². The number of fused-ring (bicyclic) bond motifs is 1. The van der Waals surface area contributed by atoms with Crippen LogP contribution >= 0.6 is 0 Å². The summed E-state index contributed by atoms with van der Waals surface area (Å²) in [4.78, 5) is 38.6. The molecule has 0 saturated carbocycles. The third-order valence-corrected chi connectivity index (χ3v) is 5.77. The number of ether oxygens (including phenoxy) is 2. The molecular formula is C24H26N4O4. The summed E-state index contributed by atoms with van der Waals surface area (Å²) in [6.45, 7) is 5.66. The zero-order chi connectivity index (χ0) is 22.8. The van der Waals surface area contributed by atoms with E-state index in [0.717, 1.165) is 16.9 Å². The van der Waals surface area contributed by atoms with Gasteiger partial charge in [0.1, 0.15) is 11.5 Å². The Hall–Kier alpha value is -3.68. The van der Waals surface area contributed by atoms with E-state index in [1.165, 1.54) is 0 Å². The Kier molecular flexibility index (Phi) is 5.94. The number of methoxy groups -OCH3 is 2. The summed E-state index contributed by atoms with van der Waals surface area (Å²) in [5, 5.41) is 0. The third-order valence-electron chi connectivity index (χ3n) is 5.77. The lowest BCUT2D eigenvalue weighted by atomic mass is 10.1. The summed E-state index contributed by atoms with van der Waals surface area (Å²) in [5.41, 5.74) is 4.29. The normalized spacial score (nSPS) is 13.9. The molecule has 2 heterocycles. The summed E-state index contributed by atoms with van der Waals surface area (Å²) in [6.07, 6.45) is 0. The van der Waals surface area contributed by atoms with Crippen molar-refractivity contribution in [3.8, 4) is 11.5 Å². The van der Waals surface area contributed by atoms with Crippen LogP contribution in [0.4, 0.5) is 0 Å². The first-order valence-corrected chi connectivity index (χ1v) is 10.5. The first kappa shape index (κ1) is 21.5. The van der Waals surface area contributed by atoms with Crippen LogP contribution in [0.3, 0.4) is 0 Å². The number of benzene rings is 2. The maximum atomic E-state index is 13.1. The van der Waals surface area contributed by atoms with Crippen LogP contribution in [-0.2, 0) is 0 Å². The van der Waals surface area contributed by atoms with Gasteiger partial charge in [0.15, 0.2) is 0 Å². The van der Waals surface area contributed by atoms with Crippen LogP contribution in [0.2, 0.25) is 0 Å². The van der Waals surface area contributed by atoms with E-state index in [0.29, 0.717) is 54.3 Å². The lowest BCUT2D eigenvalue weighted by Gasteiger charge is -2.35. The van der Waals surface area contributed by atoms with Gasteiger partial charge < -0.3 is 19.3 Å². The third kappa shape index (κ3) is 4.21. The Bertz CT molecular complexity index is 1160. The second-order valence-corrected chi connectivity index (χ2v) is 7.78. The number of rotatable bonds is 4. The monoisotopic (exact) mass is 434 g/mol. The molecule has 2 amide bonds. The van der Waals surface area contributed by atoms with Crippen LogP contribution in [-0.4, -0.2) is 72.0 Å². The van der Waals surface area contributed by atoms with Gasteiger partial charge in [0.2, 0.25) is 0 Å². The van der Waals surface area contributed by atoms with Crippen molar-refractivity contribution in [3.63, 3.8) is 0 Å². The minimum absolute atomic E-state index is 0.0675. The Balaban J connectivity index is 1.45. The molecule has 0 N–H and O–H groups in total. The molecule has 32 heavy (non-hydrogen) atoms. The largest absolute Gasteiger partial charge is 0.497 e. The number of hydrogen-bond donors (Lipinski definition) is 0. The summed E-state index contributed by atoms with van der Waals surface area (Å²) in [6, 6.07) is 10.5. The predicted octanol–water partition coefficient (Wildman–Crippen LogP) is 2.86. The molecule has 1 aliphatic heterocycles. The average Bonchev–Trinajstić information content (AvgIpc) is 2.83.